The lowest BCUT2D eigenvalue weighted by Crippen LogP contribution is -2.36. The van der Waals surface area contributed by atoms with E-state index in [2.05, 4.69) is 31.1 Å². The highest BCUT2D eigenvalue weighted by Gasteiger charge is 2.12. The topological polar surface area (TPSA) is 64.0 Å². The fourth-order valence-electron chi connectivity index (χ4n) is 1.44. The van der Waals surface area contributed by atoms with Gasteiger partial charge in [0.05, 0.1) is 12.3 Å². The normalized spacial score (nSPS) is 12.9. The highest BCUT2D eigenvalue weighted by molar-refractivity contribution is 7.91. The van der Waals surface area contributed by atoms with Gasteiger partial charge in [-0.15, -0.1) is 0 Å². The third-order valence-corrected chi connectivity index (χ3v) is 4.35. The van der Waals surface area contributed by atoms with Crippen molar-refractivity contribution in [2.24, 2.45) is 0 Å². The van der Waals surface area contributed by atoms with Crippen molar-refractivity contribution in [1.82, 2.24) is 14.9 Å². The maximum atomic E-state index is 11.5. The maximum absolute atomic E-state index is 11.5. The maximum Gasteiger partial charge on any atom is 0.151 e. The molecule has 0 radical (unpaired) electrons. The summed E-state index contributed by atoms with van der Waals surface area (Å²) in [4.78, 5) is 4.25. The fourth-order valence-corrected chi connectivity index (χ4v) is 2.20. The SMILES string of the molecule is CCS(=O)(=O)CCn1ccnc1CNC(C)(C)C. The van der Waals surface area contributed by atoms with Crippen molar-refractivity contribution in [3.63, 3.8) is 0 Å². The summed E-state index contributed by atoms with van der Waals surface area (Å²) < 4.78 is 24.8. The summed E-state index contributed by atoms with van der Waals surface area (Å²) in [5, 5.41) is 3.34. The van der Waals surface area contributed by atoms with Crippen LogP contribution in [0.5, 0.6) is 0 Å². The van der Waals surface area contributed by atoms with E-state index in [0.717, 1.165) is 5.82 Å². The van der Waals surface area contributed by atoms with Crippen LogP contribution >= 0.6 is 0 Å². The van der Waals surface area contributed by atoms with Crippen LogP contribution in [-0.2, 0) is 22.9 Å². The van der Waals surface area contributed by atoms with E-state index in [9.17, 15) is 8.42 Å². The molecular weight excluding hydrogens is 250 g/mol. The lowest BCUT2D eigenvalue weighted by molar-refractivity contribution is 0.412. The number of rotatable bonds is 6. The van der Waals surface area contributed by atoms with Gasteiger partial charge in [0.1, 0.15) is 5.82 Å². The first kappa shape index (κ1) is 15.2. The number of aryl methyl sites for hydroxylation is 1. The number of nitrogens with one attached hydrogen (secondary N) is 1. The minimum atomic E-state index is -2.92. The van der Waals surface area contributed by atoms with Crippen LogP contribution in [0.1, 0.15) is 33.5 Å². The van der Waals surface area contributed by atoms with Crippen LogP contribution in [0.25, 0.3) is 0 Å². The molecule has 0 aliphatic heterocycles. The van der Waals surface area contributed by atoms with Crippen molar-refractivity contribution in [2.75, 3.05) is 11.5 Å². The Morgan fingerprint density at radius 1 is 1.39 bits per heavy atom. The number of hydrogen-bond donors (Lipinski definition) is 1. The molecule has 18 heavy (non-hydrogen) atoms. The molecule has 6 heteroatoms. The highest BCUT2D eigenvalue weighted by atomic mass is 32.2. The first-order valence-corrected chi connectivity index (χ1v) is 8.01. The second kappa shape index (κ2) is 5.84. The van der Waals surface area contributed by atoms with E-state index in [4.69, 9.17) is 0 Å². The molecular formula is C12H23N3O2S. The summed E-state index contributed by atoms with van der Waals surface area (Å²) in [6, 6.07) is 0. The zero-order valence-electron chi connectivity index (χ0n) is 11.6. The summed E-state index contributed by atoms with van der Waals surface area (Å²) in [6.07, 6.45) is 3.53. The number of aromatic nitrogens is 2. The lowest BCUT2D eigenvalue weighted by atomic mass is 10.1. The average Bonchev–Trinajstić information content (AvgIpc) is 2.70. The summed E-state index contributed by atoms with van der Waals surface area (Å²) in [5.74, 6) is 1.23. The predicted molar refractivity (Wildman–Crippen MR) is 73.1 cm³/mol. The van der Waals surface area contributed by atoms with Gasteiger partial charge in [0.25, 0.3) is 0 Å². The Hall–Kier alpha value is -0.880. The van der Waals surface area contributed by atoms with Gasteiger partial charge in [-0.3, -0.25) is 0 Å². The van der Waals surface area contributed by atoms with Gasteiger partial charge in [0.15, 0.2) is 9.84 Å². The minimum Gasteiger partial charge on any atom is -0.333 e. The van der Waals surface area contributed by atoms with E-state index in [0.29, 0.717) is 13.1 Å². The minimum absolute atomic E-state index is 0.0201. The summed E-state index contributed by atoms with van der Waals surface area (Å²) >= 11 is 0. The first-order chi connectivity index (χ1) is 8.23. The summed E-state index contributed by atoms with van der Waals surface area (Å²) in [5.41, 5.74) is 0.0201. The van der Waals surface area contributed by atoms with Crippen LogP contribution in [-0.4, -0.2) is 35.0 Å². The van der Waals surface area contributed by atoms with Gasteiger partial charge in [0, 0.05) is 30.2 Å². The standard InChI is InChI=1S/C12H23N3O2S/c1-5-18(16,17)9-8-15-7-6-13-11(15)10-14-12(2,3)4/h6-7,14H,5,8-10H2,1-4H3. The van der Waals surface area contributed by atoms with Gasteiger partial charge in [-0.05, 0) is 20.8 Å². The third kappa shape index (κ3) is 5.18. The average molecular weight is 273 g/mol. The number of imidazole rings is 1. The first-order valence-electron chi connectivity index (χ1n) is 6.19. The second-order valence-corrected chi connectivity index (χ2v) is 7.85. The number of hydrogen-bond acceptors (Lipinski definition) is 4. The van der Waals surface area contributed by atoms with Gasteiger partial charge in [-0.1, -0.05) is 6.92 Å². The molecule has 0 amide bonds. The molecule has 1 aromatic rings. The van der Waals surface area contributed by atoms with E-state index in [1.165, 1.54) is 0 Å². The molecule has 0 aliphatic rings. The van der Waals surface area contributed by atoms with Crippen LogP contribution in [0.2, 0.25) is 0 Å². The van der Waals surface area contributed by atoms with Crippen molar-refractivity contribution >= 4 is 9.84 Å². The Labute approximate surface area is 110 Å². The molecule has 1 N–H and O–H groups in total. The molecule has 1 aromatic heterocycles. The molecule has 0 unspecified atom stereocenters. The molecule has 1 heterocycles. The van der Waals surface area contributed by atoms with Crippen LogP contribution in [0.15, 0.2) is 12.4 Å². The van der Waals surface area contributed by atoms with Gasteiger partial charge in [-0.2, -0.15) is 0 Å². The van der Waals surface area contributed by atoms with Crippen molar-refractivity contribution < 1.29 is 8.42 Å². The zero-order valence-corrected chi connectivity index (χ0v) is 12.4. The Balaban J connectivity index is 2.61. The van der Waals surface area contributed by atoms with E-state index >= 15 is 0 Å². The zero-order chi connectivity index (χ0) is 13.8. The van der Waals surface area contributed by atoms with Crippen LogP contribution in [0.4, 0.5) is 0 Å². The molecule has 0 bridgehead atoms. The predicted octanol–water partition coefficient (Wildman–Crippen LogP) is 1.21. The molecule has 0 aromatic carbocycles. The highest BCUT2D eigenvalue weighted by Crippen LogP contribution is 2.04. The Kier molecular flexibility index (Phi) is 4.92. The van der Waals surface area contributed by atoms with E-state index in [-0.39, 0.29) is 17.0 Å². The number of sulfone groups is 1. The molecule has 0 spiro atoms. The van der Waals surface area contributed by atoms with Crippen LogP contribution < -0.4 is 5.32 Å². The van der Waals surface area contributed by atoms with Gasteiger partial charge >= 0.3 is 0 Å². The number of nitrogens with zero attached hydrogens (tertiary/aromatic N) is 2. The Bertz CT molecular complexity index is 472. The summed E-state index contributed by atoms with van der Waals surface area (Å²) in [6.45, 7) is 9.04. The smallest absolute Gasteiger partial charge is 0.151 e. The largest absolute Gasteiger partial charge is 0.333 e. The molecule has 0 aliphatic carbocycles. The van der Waals surface area contributed by atoms with Crippen LogP contribution in [0, 0.1) is 0 Å². The molecule has 5 nitrogen and oxygen atoms in total. The monoisotopic (exact) mass is 273 g/mol. The molecule has 104 valence electrons. The molecule has 0 saturated heterocycles. The Morgan fingerprint density at radius 2 is 2.06 bits per heavy atom. The van der Waals surface area contributed by atoms with Crippen molar-refractivity contribution in [3.8, 4) is 0 Å². The second-order valence-electron chi connectivity index (χ2n) is 5.38. The van der Waals surface area contributed by atoms with Gasteiger partial charge < -0.3 is 9.88 Å². The third-order valence-electron chi connectivity index (χ3n) is 2.66. The van der Waals surface area contributed by atoms with Crippen molar-refractivity contribution in [3.05, 3.63) is 18.2 Å². The fraction of sp³-hybridized carbons (Fsp3) is 0.750. The summed E-state index contributed by atoms with van der Waals surface area (Å²) in [7, 11) is -2.92. The van der Waals surface area contributed by atoms with Crippen molar-refractivity contribution in [1.29, 1.82) is 0 Å². The van der Waals surface area contributed by atoms with Crippen LogP contribution in [0.3, 0.4) is 0 Å². The molecule has 1 rings (SSSR count). The van der Waals surface area contributed by atoms with Crippen molar-refractivity contribution in [2.45, 2.75) is 46.3 Å². The van der Waals surface area contributed by atoms with E-state index in [1.807, 2.05) is 10.8 Å². The Morgan fingerprint density at radius 3 is 2.61 bits per heavy atom. The lowest BCUT2D eigenvalue weighted by Gasteiger charge is -2.20. The quantitative estimate of drug-likeness (QED) is 0.846. The van der Waals surface area contributed by atoms with Gasteiger partial charge in [0.2, 0.25) is 0 Å². The molecule has 0 saturated carbocycles. The van der Waals surface area contributed by atoms with Gasteiger partial charge in [-0.25, -0.2) is 13.4 Å². The molecule has 0 atom stereocenters. The molecule has 0 fully saturated rings. The van der Waals surface area contributed by atoms with E-state index in [1.54, 1.807) is 13.1 Å². The van der Waals surface area contributed by atoms with E-state index < -0.39 is 9.84 Å².